The molecule has 3 heteroatoms. The average molecular weight is 228 g/mol. The second-order valence-electron chi connectivity index (χ2n) is 5.15. The molecule has 0 aromatic rings. The predicted molar refractivity (Wildman–Crippen MR) is 63.2 cm³/mol. The predicted octanol–water partition coefficient (Wildman–Crippen LogP) is 2.82. The first-order valence-electron chi connectivity index (χ1n) is 6.48. The van der Waals surface area contributed by atoms with E-state index in [2.05, 4.69) is 6.92 Å². The van der Waals surface area contributed by atoms with Crippen LogP contribution in [-0.4, -0.2) is 21.8 Å². The Morgan fingerprint density at radius 1 is 1.50 bits per heavy atom. The summed E-state index contributed by atoms with van der Waals surface area (Å²) in [7, 11) is 0. The Labute approximate surface area is 97.9 Å². The normalized spacial score (nSPS) is 31.6. The van der Waals surface area contributed by atoms with Gasteiger partial charge in [0.05, 0.1) is 11.5 Å². The van der Waals surface area contributed by atoms with Crippen molar-refractivity contribution in [2.45, 2.75) is 64.4 Å². The standard InChI is InChI=1S/C13H24O3/c1-3-5-6-11(12(14)15)13(16)8-7-10(4-2)9-13/h10-11,16H,3-9H2,1-2H3,(H,14,15). The number of carboxylic acid groups (broad SMARTS) is 1. The molecule has 94 valence electrons. The number of hydrogen-bond donors (Lipinski definition) is 2. The third-order valence-electron chi connectivity index (χ3n) is 4.00. The Morgan fingerprint density at radius 2 is 2.19 bits per heavy atom. The first-order chi connectivity index (χ1) is 7.53. The second kappa shape index (κ2) is 5.67. The summed E-state index contributed by atoms with van der Waals surface area (Å²) in [5, 5.41) is 19.7. The quantitative estimate of drug-likeness (QED) is 0.735. The molecule has 0 aromatic heterocycles. The molecule has 3 atom stereocenters. The lowest BCUT2D eigenvalue weighted by Gasteiger charge is -2.30. The summed E-state index contributed by atoms with van der Waals surface area (Å²) in [5.41, 5.74) is -0.943. The highest BCUT2D eigenvalue weighted by Gasteiger charge is 2.45. The van der Waals surface area contributed by atoms with Crippen LogP contribution in [0.25, 0.3) is 0 Å². The molecule has 0 saturated heterocycles. The third-order valence-corrected chi connectivity index (χ3v) is 4.00. The lowest BCUT2D eigenvalue weighted by molar-refractivity contribution is -0.152. The molecule has 3 unspecified atom stereocenters. The molecular weight excluding hydrogens is 204 g/mol. The third kappa shape index (κ3) is 2.97. The molecule has 0 spiro atoms. The van der Waals surface area contributed by atoms with Crippen molar-refractivity contribution in [1.82, 2.24) is 0 Å². The minimum Gasteiger partial charge on any atom is -0.481 e. The molecular formula is C13H24O3. The number of aliphatic carboxylic acids is 1. The second-order valence-corrected chi connectivity index (χ2v) is 5.15. The first-order valence-corrected chi connectivity index (χ1v) is 6.48. The van der Waals surface area contributed by atoms with Crippen LogP contribution in [0.15, 0.2) is 0 Å². The van der Waals surface area contributed by atoms with Crippen molar-refractivity contribution in [3.63, 3.8) is 0 Å². The van der Waals surface area contributed by atoms with Crippen LogP contribution in [0.2, 0.25) is 0 Å². The van der Waals surface area contributed by atoms with Gasteiger partial charge in [0.15, 0.2) is 0 Å². The highest BCUT2D eigenvalue weighted by atomic mass is 16.4. The molecule has 16 heavy (non-hydrogen) atoms. The van der Waals surface area contributed by atoms with Gasteiger partial charge >= 0.3 is 5.97 Å². The van der Waals surface area contributed by atoms with Gasteiger partial charge in [-0.05, 0) is 31.6 Å². The van der Waals surface area contributed by atoms with Crippen LogP contribution in [-0.2, 0) is 4.79 Å². The van der Waals surface area contributed by atoms with Crippen LogP contribution in [0.5, 0.6) is 0 Å². The van der Waals surface area contributed by atoms with Gasteiger partial charge in [-0.3, -0.25) is 4.79 Å². The van der Waals surface area contributed by atoms with Gasteiger partial charge in [-0.1, -0.05) is 33.1 Å². The van der Waals surface area contributed by atoms with Crippen LogP contribution >= 0.6 is 0 Å². The molecule has 1 aliphatic carbocycles. The summed E-state index contributed by atoms with van der Waals surface area (Å²) in [6.07, 6.45) is 5.83. The lowest BCUT2D eigenvalue weighted by atomic mass is 9.81. The van der Waals surface area contributed by atoms with E-state index in [9.17, 15) is 15.0 Å². The molecule has 2 N–H and O–H groups in total. The maximum Gasteiger partial charge on any atom is 0.309 e. The zero-order valence-electron chi connectivity index (χ0n) is 10.4. The minimum absolute atomic E-state index is 0.508. The molecule has 0 heterocycles. The summed E-state index contributed by atoms with van der Waals surface area (Å²) >= 11 is 0. The number of hydrogen-bond acceptors (Lipinski definition) is 2. The van der Waals surface area contributed by atoms with Crippen molar-refractivity contribution >= 4 is 5.97 Å². The fraction of sp³-hybridized carbons (Fsp3) is 0.923. The molecule has 1 saturated carbocycles. The summed E-state index contributed by atoms with van der Waals surface area (Å²) in [6.45, 7) is 4.16. The number of unbranched alkanes of at least 4 members (excludes halogenated alkanes) is 1. The molecule has 1 fully saturated rings. The summed E-state index contributed by atoms with van der Waals surface area (Å²) in [4.78, 5) is 11.2. The van der Waals surface area contributed by atoms with Crippen molar-refractivity contribution < 1.29 is 15.0 Å². The van der Waals surface area contributed by atoms with Gasteiger partial charge in [-0.25, -0.2) is 0 Å². The highest BCUT2D eigenvalue weighted by Crippen LogP contribution is 2.42. The fourth-order valence-electron chi connectivity index (χ4n) is 2.85. The molecule has 1 aliphatic rings. The lowest BCUT2D eigenvalue weighted by Crippen LogP contribution is -2.40. The number of carbonyl (C=O) groups is 1. The van der Waals surface area contributed by atoms with Gasteiger partial charge in [0.1, 0.15) is 0 Å². The molecule has 1 rings (SSSR count). The van der Waals surface area contributed by atoms with Crippen molar-refractivity contribution in [1.29, 1.82) is 0 Å². The Bertz CT molecular complexity index is 239. The largest absolute Gasteiger partial charge is 0.481 e. The molecule has 0 bridgehead atoms. The summed E-state index contributed by atoms with van der Waals surface area (Å²) < 4.78 is 0. The number of rotatable bonds is 6. The maximum absolute atomic E-state index is 11.2. The monoisotopic (exact) mass is 228 g/mol. The van der Waals surface area contributed by atoms with Crippen molar-refractivity contribution in [2.75, 3.05) is 0 Å². The van der Waals surface area contributed by atoms with Gasteiger partial charge in [-0.2, -0.15) is 0 Å². The SMILES string of the molecule is CCCCC(C(=O)O)C1(O)CCC(CC)C1. The fourth-order valence-corrected chi connectivity index (χ4v) is 2.85. The van der Waals surface area contributed by atoms with E-state index >= 15 is 0 Å². The van der Waals surface area contributed by atoms with Crippen LogP contribution < -0.4 is 0 Å². The summed E-state index contributed by atoms with van der Waals surface area (Å²) in [6, 6.07) is 0. The zero-order chi connectivity index (χ0) is 12.2. The van der Waals surface area contributed by atoms with E-state index in [1.165, 1.54) is 0 Å². The molecule has 3 nitrogen and oxygen atoms in total. The van der Waals surface area contributed by atoms with Crippen LogP contribution in [0.3, 0.4) is 0 Å². The molecule has 0 aliphatic heterocycles. The molecule has 0 amide bonds. The van der Waals surface area contributed by atoms with E-state index in [1.807, 2.05) is 6.92 Å². The van der Waals surface area contributed by atoms with Crippen LogP contribution in [0, 0.1) is 11.8 Å². The first kappa shape index (κ1) is 13.5. The van der Waals surface area contributed by atoms with Crippen molar-refractivity contribution in [3.05, 3.63) is 0 Å². The van der Waals surface area contributed by atoms with Crippen molar-refractivity contribution in [3.8, 4) is 0 Å². The smallest absolute Gasteiger partial charge is 0.309 e. The van der Waals surface area contributed by atoms with Gasteiger partial charge < -0.3 is 10.2 Å². The topological polar surface area (TPSA) is 57.5 Å². The highest BCUT2D eigenvalue weighted by molar-refractivity contribution is 5.71. The summed E-state index contributed by atoms with van der Waals surface area (Å²) in [5.74, 6) is -0.884. The Morgan fingerprint density at radius 3 is 2.62 bits per heavy atom. The van der Waals surface area contributed by atoms with Gasteiger partial charge in [0, 0.05) is 0 Å². The van der Waals surface area contributed by atoms with Crippen LogP contribution in [0.1, 0.15) is 58.8 Å². The van der Waals surface area contributed by atoms with Gasteiger partial charge in [0.25, 0.3) is 0 Å². The Balaban J connectivity index is 2.66. The van der Waals surface area contributed by atoms with E-state index in [0.29, 0.717) is 25.2 Å². The van der Waals surface area contributed by atoms with Crippen LogP contribution in [0.4, 0.5) is 0 Å². The van der Waals surface area contributed by atoms with Gasteiger partial charge in [0.2, 0.25) is 0 Å². The van der Waals surface area contributed by atoms with E-state index < -0.39 is 17.5 Å². The number of carboxylic acids is 1. The van der Waals surface area contributed by atoms with E-state index in [4.69, 9.17) is 0 Å². The Hall–Kier alpha value is -0.570. The van der Waals surface area contributed by atoms with E-state index in [1.54, 1.807) is 0 Å². The average Bonchev–Trinajstić information content (AvgIpc) is 2.61. The molecule has 0 radical (unpaired) electrons. The van der Waals surface area contributed by atoms with E-state index in [0.717, 1.165) is 25.7 Å². The maximum atomic E-state index is 11.2. The van der Waals surface area contributed by atoms with E-state index in [-0.39, 0.29) is 0 Å². The number of aliphatic hydroxyl groups is 1. The molecule has 0 aromatic carbocycles. The zero-order valence-corrected chi connectivity index (χ0v) is 10.4. The minimum atomic E-state index is -0.943. The van der Waals surface area contributed by atoms with Crippen molar-refractivity contribution in [2.24, 2.45) is 11.8 Å². The Kier molecular flexibility index (Phi) is 4.78. The van der Waals surface area contributed by atoms with Gasteiger partial charge in [-0.15, -0.1) is 0 Å².